The number of rotatable bonds is 4. The van der Waals surface area contributed by atoms with E-state index < -0.39 is 0 Å². The molecule has 4 nitrogen and oxygen atoms in total. The monoisotopic (exact) mass is 217 g/mol. The summed E-state index contributed by atoms with van der Waals surface area (Å²) in [5.74, 6) is 0.863. The molecular formula is C9H12ClNO3. The number of halogens is 1. The Morgan fingerprint density at radius 1 is 1.71 bits per heavy atom. The average molecular weight is 218 g/mol. The first-order chi connectivity index (χ1) is 6.69. The normalized spacial score (nSPS) is 10.2. The minimum atomic E-state index is -0.335. The van der Waals surface area contributed by atoms with E-state index in [4.69, 9.17) is 21.1 Å². The maximum atomic E-state index is 11.3. The number of aliphatic hydroxyl groups excluding tert-OH is 1. The van der Waals surface area contributed by atoms with E-state index in [0.717, 1.165) is 5.56 Å². The molecule has 0 aliphatic heterocycles. The van der Waals surface area contributed by atoms with Gasteiger partial charge in [-0.1, -0.05) is 0 Å². The van der Waals surface area contributed by atoms with Crippen molar-refractivity contribution >= 4 is 17.5 Å². The maximum absolute atomic E-state index is 11.3. The van der Waals surface area contributed by atoms with Crippen LogP contribution in [-0.2, 0) is 5.88 Å². The zero-order valence-electron chi connectivity index (χ0n) is 7.84. The lowest BCUT2D eigenvalue weighted by Crippen LogP contribution is -2.25. The van der Waals surface area contributed by atoms with Gasteiger partial charge in [-0.3, -0.25) is 4.79 Å². The molecule has 0 fully saturated rings. The molecule has 0 unspecified atom stereocenters. The van der Waals surface area contributed by atoms with E-state index in [1.807, 2.05) is 0 Å². The Bertz CT molecular complexity index is 322. The van der Waals surface area contributed by atoms with Gasteiger partial charge in [-0.2, -0.15) is 0 Å². The topological polar surface area (TPSA) is 62.5 Å². The zero-order valence-corrected chi connectivity index (χ0v) is 8.60. The predicted molar refractivity (Wildman–Crippen MR) is 52.4 cm³/mol. The number of hydrogen-bond acceptors (Lipinski definition) is 3. The standard InChI is InChI=1S/C9H12ClNO3/c1-6-7(5-10)4-8(14-6)9(13)11-2-3-12/h4,12H,2-3,5H2,1H3,(H,11,13). The van der Waals surface area contributed by atoms with Crippen molar-refractivity contribution in [2.24, 2.45) is 0 Å². The van der Waals surface area contributed by atoms with Gasteiger partial charge in [0, 0.05) is 12.1 Å². The lowest BCUT2D eigenvalue weighted by molar-refractivity contribution is 0.0916. The molecule has 2 N–H and O–H groups in total. The first-order valence-corrected chi connectivity index (χ1v) is 4.76. The molecule has 0 spiro atoms. The fraction of sp³-hybridized carbons (Fsp3) is 0.444. The fourth-order valence-corrected chi connectivity index (χ4v) is 1.29. The quantitative estimate of drug-likeness (QED) is 0.741. The van der Waals surface area contributed by atoms with Crippen molar-refractivity contribution < 1.29 is 14.3 Å². The van der Waals surface area contributed by atoms with Crippen LogP contribution in [0.5, 0.6) is 0 Å². The van der Waals surface area contributed by atoms with Gasteiger partial charge in [0.2, 0.25) is 0 Å². The molecule has 0 aromatic carbocycles. The highest BCUT2D eigenvalue weighted by molar-refractivity contribution is 6.17. The lowest BCUT2D eigenvalue weighted by Gasteiger charge is -1.98. The largest absolute Gasteiger partial charge is 0.456 e. The van der Waals surface area contributed by atoms with Crippen LogP contribution in [0.1, 0.15) is 21.9 Å². The number of hydrogen-bond donors (Lipinski definition) is 2. The number of carbonyl (C=O) groups excluding carboxylic acids is 1. The molecular weight excluding hydrogens is 206 g/mol. The molecule has 1 heterocycles. The van der Waals surface area contributed by atoms with Gasteiger partial charge < -0.3 is 14.8 Å². The van der Waals surface area contributed by atoms with E-state index in [9.17, 15) is 4.79 Å². The molecule has 0 bridgehead atoms. The van der Waals surface area contributed by atoms with Gasteiger partial charge in [0.15, 0.2) is 5.76 Å². The third-order valence-electron chi connectivity index (χ3n) is 1.79. The molecule has 5 heteroatoms. The van der Waals surface area contributed by atoms with Crippen molar-refractivity contribution in [1.82, 2.24) is 5.32 Å². The van der Waals surface area contributed by atoms with Gasteiger partial charge in [0.1, 0.15) is 5.76 Å². The van der Waals surface area contributed by atoms with Crippen LogP contribution < -0.4 is 5.32 Å². The van der Waals surface area contributed by atoms with Crippen molar-refractivity contribution in [3.8, 4) is 0 Å². The van der Waals surface area contributed by atoms with Gasteiger partial charge >= 0.3 is 0 Å². The van der Waals surface area contributed by atoms with Crippen LogP contribution >= 0.6 is 11.6 Å². The zero-order chi connectivity index (χ0) is 10.6. The fourth-order valence-electron chi connectivity index (χ4n) is 1.02. The molecule has 0 radical (unpaired) electrons. The second-order valence-electron chi connectivity index (χ2n) is 2.81. The van der Waals surface area contributed by atoms with Gasteiger partial charge in [0.05, 0.1) is 12.5 Å². The van der Waals surface area contributed by atoms with E-state index in [2.05, 4.69) is 5.32 Å². The molecule has 1 amide bonds. The Morgan fingerprint density at radius 2 is 2.43 bits per heavy atom. The first-order valence-electron chi connectivity index (χ1n) is 4.23. The number of furan rings is 1. The molecule has 14 heavy (non-hydrogen) atoms. The molecule has 0 aliphatic rings. The SMILES string of the molecule is Cc1oc(C(=O)NCCO)cc1CCl. The predicted octanol–water partition coefficient (Wildman–Crippen LogP) is 1.05. The summed E-state index contributed by atoms with van der Waals surface area (Å²) in [6.07, 6.45) is 0. The maximum Gasteiger partial charge on any atom is 0.287 e. The third-order valence-corrected chi connectivity index (χ3v) is 2.07. The first kappa shape index (κ1) is 11.1. The molecule has 1 aromatic rings. The number of aryl methyl sites for hydroxylation is 1. The molecule has 0 saturated heterocycles. The second-order valence-corrected chi connectivity index (χ2v) is 3.07. The summed E-state index contributed by atoms with van der Waals surface area (Å²) in [5, 5.41) is 11.0. The Balaban J connectivity index is 2.70. The molecule has 0 saturated carbocycles. The summed E-state index contributed by atoms with van der Waals surface area (Å²) in [5.41, 5.74) is 0.806. The van der Waals surface area contributed by atoms with Crippen LogP contribution in [0.25, 0.3) is 0 Å². The van der Waals surface area contributed by atoms with Gasteiger partial charge in [-0.05, 0) is 13.0 Å². The lowest BCUT2D eigenvalue weighted by atomic mass is 10.3. The Hall–Kier alpha value is -1.00. The Kier molecular flexibility index (Phi) is 3.98. The minimum Gasteiger partial charge on any atom is -0.456 e. The van der Waals surface area contributed by atoms with E-state index >= 15 is 0 Å². The summed E-state index contributed by atoms with van der Waals surface area (Å²) in [6, 6.07) is 1.61. The van der Waals surface area contributed by atoms with Crippen LogP contribution in [0.3, 0.4) is 0 Å². The van der Waals surface area contributed by atoms with E-state index in [1.165, 1.54) is 0 Å². The third kappa shape index (κ3) is 2.49. The summed E-state index contributed by atoms with van der Waals surface area (Å²) in [6.45, 7) is 1.88. The van der Waals surface area contributed by atoms with E-state index in [1.54, 1.807) is 13.0 Å². The number of alkyl halides is 1. The van der Waals surface area contributed by atoms with Crippen LogP contribution in [0.2, 0.25) is 0 Å². The Labute approximate surface area is 86.9 Å². The van der Waals surface area contributed by atoms with Gasteiger partial charge in [-0.15, -0.1) is 11.6 Å². The number of amides is 1. The summed E-state index contributed by atoms with van der Waals surface area (Å²) in [4.78, 5) is 11.3. The van der Waals surface area contributed by atoms with Crippen LogP contribution in [0.4, 0.5) is 0 Å². The van der Waals surface area contributed by atoms with Crippen molar-refractivity contribution in [3.05, 3.63) is 23.2 Å². The molecule has 1 rings (SSSR count). The molecule has 0 atom stereocenters. The summed E-state index contributed by atoms with van der Waals surface area (Å²) < 4.78 is 5.19. The van der Waals surface area contributed by atoms with Crippen molar-refractivity contribution in [1.29, 1.82) is 0 Å². The molecule has 0 aliphatic carbocycles. The number of aliphatic hydroxyl groups is 1. The smallest absolute Gasteiger partial charge is 0.287 e. The van der Waals surface area contributed by atoms with Gasteiger partial charge in [-0.25, -0.2) is 0 Å². The number of carbonyl (C=O) groups is 1. The molecule has 78 valence electrons. The van der Waals surface area contributed by atoms with Crippen molar-refractivity contribution in [2.45, 2.75) is 12.8 Å². The highest BCUT2D eigenvalue weighted by Gasteiger charge is 2.12. The minimum absolute atomic E-state index is 0.0895. The van der Waals surface area contributed by atoms with E-state index in [0.29, 0.717) is 11.6 Å². The van der Waals surface area contributed by atoms with Crippen LogP contribution in [-0.4, -0.2) is 24.2 Å². The molecule has 1 aromatic heterocycles. The van der Waals surface area contributed by atoms with E-state index in [-0.39, 0.29) is 24.8 Å². The van der Waals surface area contributed by atoms with Crippen molar-refractivity contribution in [2.75, 3.05) is 13.2 Å². The summed E-state index contributed by atoms with van der Waals surface area (Å²) in [7, 11) is 0. The average Bonchev–Trinajstić information content (AvgIpc) is 2.56. The second kappa shape index (κ2) is 5.02. The highest BCUT2D eigenvalue weighted by Crippen LogP contribution is 2.16. The Morgan fingerprint density at radius 3 is 2.93 bits per heavy atom. The number of nitrogens with one attached hydrogen (secondary N) is 1. The van der Waals surface area contributed by atoms with Gasteiger partial charge in [0.25, 0.3) is 5.91 Å². The van der Waals surface area contributed by atoms with Crippen LogP contribution in [0, 0.1) is 6.92 Å². The highest BCUT2D eigenvalue weighted by atomic mass is 35.5. The van der Waals surface area contributed by atoms with Crippen molar-refractivity contribution in [3.63, 3.8) is 0 Å². The summed E-state index contributed by atoms with van der Waals surface area (Å²) >= 11 is 5.62. The van der Waals surface area contributed by atoms with Crippen LogP contribution in [0.15, 0.2) is 10.5 Å².